The second-order valence-corrected chi connectivity index (χ2v) is 5.64. The molecule has 0 radical (unpaired) electrons. The van der Waals surface area contributed by atoms with Crippen LogP contribution in [0.3, 0.4) is 0 Å². The second-order valence-electron chi connectivity index (χ2n) is 5.64. The summed E-state index contributed by atoms with van der Waals surface area (Å²) in [5, 5.41) is 0. The van der Waals surface area contributed by atoms with Crippen molar-refractivity contribution in [2.45, 2.75) is 13.8 Å². The molecule has 126 valence electrons. The minimum absolute atomic E-state index is 0.0846. The molecule has 8 nitrogen and oxygen atoms in total. The molecule has 1 amide bonds. The number of hydrogen-bond donors (Lipinski definition) is 0. The largest absolute Gasteiger partial charge is 0.481 e. The molecule has 1 saturated heterocycles. The van der Waals surface area contributed by atoms with E-state index in [0.717, 1.165) is 11.5 Å². The third-order valence-corrected chi connectivity index (χ3v) is 3.90. The Kier molecular flexibility index (Phi) is 4.54. The van der Waals surface area contributed by atoms with E-state index >= 15 is 0 Å². The second kappa shape index (κ2) is 6.77. The number of rotatable bonds is 3. The fourth-order valence-corrected chi connectivity index (χ4v) is 2.60. The van der Waals surface area contributed by atoms with Gasteiger partial charge in [-0.2, -0.15) is 4.98 Å². The summed E-state index contributed by atoms with van der Waals surface area (Å²) < 4.78 is 5.20. The molecule has 24 heavy (non-hydrogen) atoms. The van der Waals surface area contributed by atoms with Gasteiger partial charge in [-0.05, 0) is 13.8 Å². The molecule has 1 aliphatic rings. The van der Waals surface area contributed by atoms with Crippen LogP contribution < -0.4 is 9.64 Å². The summed E-state index contributed by atoms with van der Waals surface area (Å²) in [7, 11) is 1.59. The summed E-state index contributed by atoms with van der Waals surface area (Å²) in [6.07, 6.45) is 3.14. The number of carbonyl (C=O) groups excluding carboxylic acids is 1. The molecule has 0 atom stereocenters. The highest BCUT2D eigenvalue weighted by atomic mass is 16.5. The first-order valence-electron chi connectivity index (χ1n) is 7.79. The first kappa shape index (κ1) is 16.1. The van der Waals surface area contributed by atoms with Gasteiger partial charge in [0.15, 0.2) is 0 Å². The number of amides is 1. The quantitative estimate of drug-likeness (QED) is 0.826. The van der Waals surface area contributed by atoms with E-state index < -0.39 is 0 Å². The fourth-order valence-electron chi connectivity index (χ4n) is 2.60. The monoisotopic (exact) mass is 328 g/mol. The van der Waals surface area contributed by atoms with E-state index in [1.165, 1.54) is 6.20 Å². The average molecular weight is 328 g/mol. The Hall–Kier alpha value is -2.77. The highest BCUT2D eigenvalue weighted by molar-refractivity contribution is 5.92. The van der Waals surface area contributed by atoms with Crippen LogP contribution in [0.25, 0.3) is 0 Å². The van der Waals surface area contributed by atoms with Gasteiger partial charge in [-0.15, -0.1) is 0 Å². The van der Waals surface area contributed by atoms with Gasteiger partial charge < -0.3 is 14.5 Å². The number of methoxy groups -OCH3 is 1. The summed E-state index contributed by atoms with van der Waals surface area (Å²) in [6, 6.07) is 1.82. The molecule has 1 aliphatic heterocycles. The Morgan fingerprint density at radius 3 is 2.46 bits per heavy atom. The molecule has 3 rings (SSSR count). The van der Waals surface area contributed by atoms with Crippen molar-refractivity contribution in [3.63, 3.8) is 0 Å². The maximum atomic E-state index is 12.5. The SMILES string of the molecule is COc1cc(N2CCN(C(=O)c3cnc(C)cn3)CC2)nc(C)n1. The summed E-state index contributed by atoms with van der Waals surface area (Å²) in [5.41, 5.74) is 1.18. The van der Waals surface area contributed by atoms with E-state index in [9.17, 15) is 4.79 Å². The van der Waals surface area contributed by atoms with Crippen LogP contribution in [-0.2, 0) is 0 Å². The molecular formula is C16H20N6O2. The summed E-state index contributed by atoms with van der Waals surface area (Å²) in [6.45, 7) is 6.30. The lowest BCUT2D eigenvalue weighted by Crippen LogP contribution is -2.49. The van der Waals surface area contributed by atoms with Gasteiger partial charge in [-0.25, -0.2) is 9.97 Å². The first-order valence-corrected chi connectivity index (χ1v) is 7.79. The zero-order chi connectivity index (χ0) is 17.1. The Morgan fingerprint density at radius 2 is 1.83 bits per heavy atom. The highest BCUT2D eigenvalue weighted by Crippen LogP contribution is 2.19. The number of piperazine rings is 1. The van der Waals surface area contributed by atoms with Gasteiger partial charge >= 0.3 is 0 Å². The molecule has 0 aliphatic carbocycles. The molecule has 1 fully saturated rings. The van der Waals surface area contributed by atoms with Gasteiger partial charge in [0.05, 0.1) is 19.0 Å². The van der Waals surface area contributed by atoms with Gasteiger partial charge in [0, 0.05) is 38.4 Å². The van der Waals surface area contributed by atoms with E-state index in [4.69, 9.17) is 4.74 Å². The smallest absolute Gasteiger partial charge is 0.274 e. The van der Waals surface area contributed by atoms with E-state index in [0.29, 0.717) is 43.6 Å². The van der Waals surface area contributed by atoms with Gasteiger partial charge in [-0.1, -0.05) is 0 Å². The van der Waals surface area contributed by atoms with Gasteiger partial charge in [0.2, 0.25) is 5.88 Å². The number of carbonyl (C=O) groups is 1. The van der Waals surface area contributed by atoms with Crippen molar-refractivity contribution in [3.8, 4) is 5.88 Å². The van der Waals surface area contributed by atoms with Crippen LogP contribution in [0.1, 0.15) is 22.0 Å². The van der Waals surface area contributed by atoms with E-state index in [1.54, 1.807) is 18.2 Å². The molecule has 8 heteroatoms. The number of hydrogen-bond acceptors (Lipinski definition) is 7. The number of aromatic nitrogens is 4. The van der Waals surface area contributed by atoms with Crippen molar-refractivity contribution in [2.75, 3.05) is 38.2 Å². The zero-order valence-corrected chi connectivity index (χ0v) is 14.1. The van der Waals surface area contributed by atoms with Crippen molar-refractivity contribution in [1.29, 1.82) is 0 Å². The number of anilines is 1. The molecular weight excluding hydrogens is 308 g/mol. The lowest BCUT2D eigenvalue weighted by Gasteiger charge is -2.35. The summed E-state index contributed by atoms with van der Waals surface area (Å²) >= 11 is 0. The van der Waals surface area contributed by atoms with Gasteiger partial charge in [0.1, 0.15) is 17.3 Å². The number of aryl methyl sites for hydroxylation is 2. The van der Waals surface area contributed by atoms with E-state index in [-0.39, 0.29) is 5.91 Å². The van der Waals surface area contributed by atoms with Crippen LogP contribution in [0.5, 0.6) is 5.88 Å². The molecule has 3 heterocycles. The normalized spacial score (nSPS) is 14.6. The molecule has 0 aromatic carbocycles. The van der Waals surface area contributed by atoms with Crippen LogP contribution in [0, 0.1) is 13.8 Å². The van der Waals surface area contributed by atoms with Crippen molar-refractivity contribution < 1.29 is 9.53 Å². The molecule has 0 bridgehead atoms. The topological polar surface area (TPSA) is 84.3 Å². The van der Waals surface area contributed by atoms with Gasteiger partial charge in [0.25, 0.3) is 5.91 Å². The van der Waals surface area contributed by atoms with E-state index in [1.807, 2.05) is 19.9 Å². The molecule has 0 saturated carbocycles. The predicted molar refractivity (Wildman–Crippen MR) is 88.2 cm³/mol. The number of nitrogens with zero attached hydrogens (tertiary/aromatic N) is 6. The molecule has 0 unspecified atom stereocenters. The third-order valence-electron chi connectivity index (χ3n) is 3.90. The van der Waals surface area contributed by atoms with Crippen LogP contribution in [0.4, 0.5) is 5.82 Å². The number of ether oxygens (including phenoxy) is 1. The molecule has 0 N–H and O–H groups in total. The van der Waals surface area contributed by atoms with Crippen molar-refractivity contribution in [3.05, 3.63) is 35.7 Å². The highest BCUT2D eigenvalue weighted by Gasteiger charge is 2.24. The van der Waals surface area contributed by atoms with Crippen molar-refractivity contribution in [1.82, 2.24) is 24.8 Å². The van der Waals surface area contributed by atoms with Crippen molar-refractivity contribution >= 4 is 11.7 Å². The average Bonchev–Trinajstić information content (AvgIpc) is 2.61. The maximum absolute atomic E-state index is 12.5. The predicted octanol–water partition coefficient (Wildman–Crippen LogP) is 0.854. The van der Waals surface area contributed by atoms with Crippen LogP contribution >= 0.6 is 0 Å². The lowest BCUT2D eigenvalue weighted by atomic mass is 10.2. The van der Waals surface area contributed by atoms with Gasteiger partial charge in [-0.3, -0.25) is 9.78 Å². The van der Waals surface area contributed by atoms with Crippen LogP contribution in [-0.4, -0.2) is 64.0 Å². The maximum Gasteiger partial charge on any atom is 0.274 e. The summed E-state index contributed by atoms with van der Waals surface area (Å²) in [4.78, 5) is 33.3. The Bertz CT molecular complexity index is 726. The first-order chi connectivity index (χ1) is 11.6. The Balaban J connectivity index is 1.66. The standard InChI is InChI=1S/C16H20N6O2/c1-11-9-18-13(10-17-11)16(23)22-6-4-21(5-7-22)14-8-15(24-3)20-12(2)19-14/h8-10H,4-7H2,1-3H3. The zero-order valence-electron chi connectivity index (χ0n) is 14.1. The Labute approximate surface area is 140 Å². The molecule has 2 aromatic rings. The van der Waals surface area contributed by atoms with Crippen molar-refractivity contribution in [2.24, 2.45) is 0 Å². The van der Waals surface area contributed by atoms with Crippen LogP contribution in [0.15, 0.2) is 18.5 Å². The summed E-state index contributed by atoms with van der Waals surface area (Å²) in [5.74, 6) is 1.95. The molecule has 0 spiro atoms. The minimum atomic E-state index is -0.0846. The minimum Gasteiger partial charge on any atom is -0.481 e. The molecule has 2 aromatic heterocycles. The van der Waals surface area contributed by atoms with Crippen LogP contribution in [0.2, 0.25) is 0 Å². The Morgan fingerprint density at radius 1 is 1.08 bits per heavy atom. The third kappa shape index (κ3) is 3.42. The lowest BCUT2D eigenvalue weighted by molar-refractivity contribution is 0.0740. The fraction of sp³-hybridized carbons (Fsp3) is 0.438. The van der Waals surface area contributed by atoms with E-state index in [2.05, 4.69) is 24.8 Å².